The number of rotatable bonds is 7. The van der Waals surface area contributed by atoms with Crippen molar-refractivity contribution in [3.05, 3.63) is 59.1 Å². The van der Waals surface area contributed by atoms with Crippen LogP contribution in [0.1, 0.15) is 25.5 Å². The average molecular weight is 395 g/mol. The Hall–Kier alpha value is -1.89. The van der Waals surface area contributed by atoms with Crippen molar-refractivity contribution in [1.29, 1.82) is 0 Å². The molecule has 0 fully saturated rings. The van der Waals surface area contributed by atoms with E-state index in [1.807, 2.05) is 24.3 Å². The normalized spacial score (nSPS) is 12.8. The maximum Gasteiger partial charge on any atom is 0.238 e. The minimum Gasteiger partial charge on any atom is -0.324 e. The molecule has 0 aliphatic carbocycles. The Balaban J connectivity index is 2.07. The summed E-state index contributed by atoms with van der Waals surface area (Å²) >= 11 is 5.93. The molecule has 5 nitrogen and oxygen atoms in total. The third kappa shape index (κ3) is 5.56. The van der Waals surface area contributed by atoms with Crippen molar-refractivity contribution in [2.75, 3.05) is 18.1 Å². The average Bonchev–Trinajstić information content (AvgIpc) is 2.56. The van der Waals surface area contributed by atoms with Crippen LogP contribution >= 0.6 is 11.6 Å². The lowest BCUT2D eigenvalue weighted by molar-refractivity contribution is -0.115. The molecule has 140 valence electrons. The van der Waals surface area contributed by atoms with E-state index in [4.69, 9.17) is 11.6 Å². The maximum atomic E-state index is 12.3. The molecule has 0 heterocycles. The lowest BCUT2D eigenvalue weighted by atomic mass is 9.96. The first kappa shape index (κ1) is 20.4. The van der Waals surface area contributed by atoms with E-state index in [1.54, 1.807) is 18.2 Å². The molecule has 0 spiro atoms. The van der Waals surface area contributed by atoms with E-state index in [9.17, 15) is 13.2 Å². The van der Waals surface area contributed by atoms with Gasteiger partial charge in [0.05, 0.1) is 17.1 Å². The number of hydrogen-bond donors (Lipinski definition) is 2. The van der Waals surface area contributed by atoms with Gasteiger partial charge in [-0.1, -0.05) is 49.7 Å². The van der Waals surface area contributed by atoms with Crippen molar-refractivity contribution in [3.8, 4) is 0 Å². The fraction of sp³-hybridized carbons (Fsp3) is 0.316. The van der Waals surface area contributed by atoms with Gasteiger partial charge in [0.25, 0.3) is 0 Å². The predicted molar refractivity (Wildman–Crippen MR) is 105 cm³/mol. The molecular formula is C19H23ClN2O3S. The zero-order valence-electron chi connectivity index (χ0n) is 15.0. The molecule has 0 saturated carbocycles. The van der Waals surface area contributed by atoms with E-state index in [-0.39, 0.29) is 35.0 Å². The number of anilines is 1. The standard InChI is InChI=1S/C19H23ClN2O3S/c1-13(2)19(14-8-10-15(20)11-9-14)21-12-18(23)22-16-6-4-5-7-17(16)26(3,24)25/h4-11,13,19,21H,12H2,1-3H3,(H,22,23)/t19-/m0/s1. The number of para-hydroxylation sites is 1. The first-order chi connectivity index (χ1) is 12.2. The molecule has 2 aromatic carbocycles. The number of hydrogen-bond acceptors (Lipinski definition) is 4. The van der Waals surface area contributed by atoms with Crippen LogP contribution in [-0.4, -0.2) is 27.1 Å². The van der Waals surface area contributed by atoms with E-state index in [2.05, 4.69) is 24.5 Å². The van der Waals surface area contributed by atoms with Crippen molar-refractivity contribution in [2.24, 2.45) is 5.92 Å². The van der Waals surface area contributed by atoms with Crippen molar-refractivity contribution in [3.63, 3.8) is 0 Å². The monoisotopic (exact) mass is 394 g/mol. The Kier molecular flexibility index (Phi) is 6.81. The molecule has 1 atom stereocenters. The van der Waals surface area contributed by atoms with Crippen LogP contribution < -0.4 is 10.6 Å². The molecule has 2 rings (SSSR count). The van der Waals surface area contributed by atoms with Gasteiger partial charge in [0.1, 0.15) is 0 Å². The third-order valence-electron chi connectivity index (χ3n) is 3.94. The molecule has 0 saturated heterocycles. The second-order valence-corrected chi connectivity index (χ2v) is 8.89. The van der Waals surface area contributed by atoms with Crippen molar-refractivity contribution >= 4 is 33.0 Å². The highest BCUT2D eigenvalue weighted by Crippen LogP contribution is 2.23. The molecule has 26 heavy (non-hydrogen) atoms. The highest BCUT2D eigenvalue weighted by molar-refractivity contribution is 7.90. The highest BCUT2D eigenvalue weighted by atomic mass is 35.5. The maximum absolute atomic E-state index is 12.3. The van der Waals surface area contributed by atoms with Gasteiger partial charge in [-0.2, -0.15) is 0 Å². The van der Waals surface area contributed by atoms with E-state index in [1.165, 1.54) is 6.07 Å². The Labute approximate surface area is 159 Å². The van der Waals surface area contributed by atoms with Crippen LogP contribution in [0.3, 0.4) is 0 Å². The molecule has 2 N–H and O–H groups in total. The Morgan fingerprint density at radius 2 is 1.69 bits per heavy atom. The number of halogens is 1. The van der Waals surface area contributed by atoms with Crippen LogP contribution in [0.25, 0.3) is 0 Å². The third-order valence-corrected chi connectivity index (χ3v) is 5.35. The molecule has 2 aromatic rings. The molecule has 0 bridgehead atoms. The summed E-state index contributed by atoms with van der Waals surface area (Å²) < 4.78 is 23.7. The minimum absolute atomic E-state index is 0.0248. The van der Waals surface area contributed by atoms with E-state index in [0.717, 1.165) is 11.8 Å². The Morgan fingerprint density at radius 3 is 2.27 bits per heavy atom. The van der Waals surface area contributed by atoms with Gasteiger partial charge in [-0.05, 0) is 35.7 Å². The van der Waals surface area contributed by atoms with Gasteiger partial charge in [0.2, 0.25) is 5.91 Å². The number of carbonyl (C=O) groups is 1. The van der Waals surface area contributed by atoms with Crippen molar-refractivity contribution < 1.29 is 13.2 Å². The first-order valence-corrected chi connectivity index (χ1v) is 10.5. The van der Waals surface area contributed by atoms with Gasteiger partial charge in [0, 0.05) is 17.3 Å². The second-order valence-electron chi connectivity index (χ2n) is 6.47. The van der Waals surface area contributed by atoms with Gasteiger partial charge in [-0.15, -0.1) is 0 Å². The van der Waals surface area contributed by atoms with Crippen molar-refractivity contribution in [1.82, 2.24) is 5.32 Å². The summed E-state index contributed by atoms with van der Waals surface area (Å²) in [6.07, 6.45) is 1.12. The van der Waals surface area contributed by atoms with Gasteiger partial charge >= 0.3 is 0 Å². The van der Waals surface area contributed by atoms with Gasteiger partial charge in [-0.3, -0.25) is 4.79 Å². The van der Waals surface area contributed by atoms with Gasteiger partial charge in [-0.25, -0.2) is 8.42 Å². The number of benzene rings is 2. The summed E-state index contributed by atoms with van der Waals surface area (Å²) in [6.45, 7) is 4.18. The van der Waals surface area contributed by atoms with Crippen LogP contribution in [0.2, 0.25) is 5.02 Å². The zero-order valence-corrected chi connectivity index (χ0v) is 16.6. The summed E-state index contributed by atoms with van der Waals surface area (Å²) in [7, 11) is -3.42. The lowest BCUT2D eigenvalue weighted by Crippen LogP contribution is -2.33. The van der Waals surface area contributed by atoms with E-state index in [0.29, 0.717) is 5.02 Å². The molecule has 0 radical (unpaired) electrons. The fourth-order valence-electron chi connectivity index (χ4n) is 2.70. The van der Waals surface area contributed by atoms with Gasteiger partial charge < -0.3 is 10.6 Å². The number of nitrogens with one attached hydrogen (secondary N) is 2. The molecule has 0 aliphatic rings. The highest BCUT2D eigenvalue weighted by Gasteiger charge is 2.18. The summed E-state index contributed by atoms with van der Waals surface area (Å²) in [5.74, 6) is -0.0482. The lowest BCUT2D eigenvalue weighted by Gasteiger charge is -2.23. The van der Waals surface area contributed by atoms with Crippen LogP contribution in [0.4, 0.5) is 5.69 Å². The Bertz CT molecular complexity index is 865. The first-order valence-electron chi connectivity index (χ1n) is 8.26. The number of amides is 1. The van der Waals surface area contributed by atoms with E-state index < -0.39 is 9.84 Å². The number of sulfone groups is 1. The molecular weight excluding hydrogens is 372 g/mol. The summed E-state index contributed by atoms with van der Waals surface area (Å²) in [5.41, 5.74) is 1.32. The minimum atomic E-state index is -3.42. The van der Waals surface area contributed by atoms with Crippen LogP contribution in [0.15, 0.2) is 53.4 Å². The van der Waals surface area contributed by atoms with Gasteiger partial charge in [0.15, 0.2) is 9.84 Å². The molecule has 0 aliphatic heterocycles. The largest absolute Gasteiger partial charge is 0.324 e. The zero-order chi connectivity index (χ0) is 19.3. The molecule has 0 aromatic heterocycles. The second kappa shape index (κ2) is 8.66. The predicted octanol–water partition coefficient (Wildman–Crippen LogP) is 3.67. The fourth-order valence-corrected chi connectivity index (χ4v) is 3.67. The van der Waals surface area contributed by atoms with E-state index >= 15 is 0 Å². The molecule has 7 heteroatoms. The van der Waals surface area contributed by atoms with Crippen LogP contribution in [0, 0.1) is 5.92 Å². The topological polar surface area (TPSA) is 75.3 Å². The summed E-state index contributed by atoms with van der Waals surface area (Å²) in [5, 5.41) is 6.56. The summed E-state index contributed by atoms with van der Waals surface area (Å²) in [6, 6.07) is 13.8. The van der Waals surface area contributed by atoms with Crippen LogP contribution in [0.5, 0.6) is 0 Å². The Morgan fingerprint density at radius 1 is 1.08 bits per heavy atom. The quantitative estimate of drug-likeness (QED) is 0.751. The smallest absolute Gasteiger partial charge is 0.238 e. The van der Waals surface area contributed by atoms with Crippen LogP contribution in [-0.2, 0) is 14.6 Å². The summed E-state index contributed by atoms with van der Waals surface area (Å²) in [4.78, 5) is 12.4. The molecule has 0 unspecified atom stereocenters. The SMILES string of the molecule is CC(C)[C@H](NCC(=O)Nc1ccccc1S(C)(=O)=O)c1ccc(Cl)cc1. The number of carbonyl (C=O) groups excluding carboxylic acids is 1. The van der Waals surface area contributed by atoms with Crippen molar-refractivity contribution in [2.45, 2.75) is 24.8 Å². The molecule has 1 amide bonds.